The van der Waals surface area contributed by atoms with Crippen LogP contribution in [0.25, 0.3) is 6.08 Å². The normalized spacial score (nSPS) is 17.3. The standard InChI is InChI=1S/C37H62O4/c1-3-5-7-9-10-11-12-13-14-15-16-17-18-19-20-21-23-33-25-27-34(28-26-33)29-30-36(38)41-37-32-39-35(31-40-37)24-22-8-6-4-2/h25-30,35,37H,3-24,31-32H2,1-2H3/b30-29+/t35-,37+/m0/s1. The molecule has 2 rings (SSSR count). The molecule has 0 aliphatic carbocycles. The highest BCUT2D eigenvalue weighted by Gasteiger charge is 2.24. The highest BCUT2D eigenvalue weighted by Crippen LogP contribution is 2.17. The maximum Gasteiger partial charge on any atom is 0.333 e. The average Bonchev–Trinajstić information content (AvgIpc) is 2.99. The molecule has 0 saturated carbocycles. The van der Waals surface area contributed by atoms with Gasteiger partial charge in [-0.25, -0.2) is 4.79 Å². The monoisotopic (exact) mass is 570 g/mol. The summed E-state index contributed by atoms with van der Waals surface area (Å²) in [6, 6.07) is 8.51. The van der Waals surface area contributed by atoms with Crippen molar-refractivity contribution in [2.75, 3.05) is 13.2 Å². The van der Waals surface area contributed by atoms with Crippen LogP contribution in [0.5, 0.6) is 0 Å². The Bertz CT molecular complexity index is 764. The number of carbonyl (C=O) groups is 1. The van der Waals surface area contributed by atoms with Gasteiger partial charge in [0.05, 0.1) is 12.7 Å². The summed E-state index contributed by atoms with van der Waals surface area (Å²) in [5.41, 5.74) is 2.37. The van der Waals surface area contributed by atoms with Gasteiger partial charge >= 0.3 is 5.97 Å². The summed E-state index contributed by atoms with van der Waals surface area (Å²) in [5, 5.41) is 0. The van der Waals surface area contributed by atoms with Crippen LogP contribution in [-0.4, -0.2) is 31.6 Å². The molecular weight excluding hydrogens is 508 g/mol. The summed E-state index contributed by atoms with van der Waals surface area (Å²) in [6.07, 6.45) is 32.3. The van der Waals surface area contributed by atoms with Crippen molar-refractivity contribution in [3.8, 4) is 0 Å². The van der Waals surface area contributed by atoms with E-state index in [1.165, 1.54) is 134 Å². The van der Waals surface area contributed by atoms with Crippen molar-refractivity contribution in [3.63, 3.8) is 0 Å². The maximum atomic E-state index is 12.2. The van der Waals surface area contributed by atoms with Gasteiger partial charge in [-0.15, -0.1) is 0 Å². The molecule has 1 fully saturated rings. The fourth-order valence-corrected chi connectivity index (χ4v) is 5.56. The van der Waals surface area contributed by atoms with Crippen LogP contribution in [0.2, 0.25) is 0 Å². The van der Waals surface area contributed by atoms with Crippen molar-refractivity contribution in [3.05, 3.63) is 41.5 Å². The zero-order valence-electron chi connectivity index (χ0n) is 26.7. The van der Waals surface area contributed by atoms with E-state index in [2.05, 4.69) is 38.1 Å². The molecule has 0 spiro atoms. The predicted octanol–water partition coefficient (Wildman–Crippen LogP) is 10.8. The van der Waals surface area contributed by atoms with Crippen molar-refractivity contribution >= 4 is 12.0 Å². The van der Waals surface area contributed by atoms with Crippen molar-refractivity contribution in [1.82, 2.24) is 0 Å². The number of aryl methyl sites for hydroxylation is 1. The summed E-state index contributed by atoms with van der Waals surface area (Å²) < 4.78 is 16.9. The molecule has 1 aliphatic heterocycles. The molecule has 1 saturated heterocycles. The zero-order valence-corrected chi connectivity index (χ0v) is 26.7. The molecule has 234 valence electrons. The number of esters is 1. The molecule has 1 aliphatic rings. The molecular formula is C37H62O4. The SMILES string of the molecule is CCCCCCCCCCCCCCCCCCc1ccc(/C=C/C(=O)O[C@@H]2CO[C@@H](CCCCCC)CO2)cc1. The first-order valence-corrected chi connectivity index (χ1v) is 17.4. The number of hydrogen-bond acceptors (Lipinski definition) is 4. The first-order valence-electron chi connectivity index (χ1n) is 17.4. The van der Waals surface area contributed by atoms with Gasteiger partial charge in [-0.1, -0.05) is 160 Å². The maximum absolute atomic E-state index is 12.2. The average molecular weight is 571 g/mol. The van der Waals surface area contributed by atoms with Crippen LogP contribution in [0.15, 0.2) is 30.3 Å². The van der Waals surface area contributed by atoms with Crippen LogP contribution in [0.1, 0.15) is 160 Å². The lowest BCUT2D eigenvalue weighted by molar-refractivity contribution is -0.229. The van der Waals surface area contributed by atoms with Gasteiger partial charge in [-0.3, -0.25) is 0 Å². The van der Waals surface area contributed by atoms with Gasteiger partial charge in [0.25, 0.3) is 0 Å². The third kappa shape index (κ3) is 19.2. The van der Waals surface area contributed by atoms with Crippen LogP contribution >= 0.6 is 0 Å². The van der Waals surface area contributed by atoms with Gasteiger partial charge in [-0.2, -0.15) is 0 Å². The lowest BCUT2D eigenvalue weighted by Crippen LogP contribution is -2.38. The third-order valence-corrected chi connectivity index (χ3v) is 8.27. The van der Waals surface area contributed by atoms with E-state index in [1.54, 1.807) is 6.08 Å². The van der Waals surface area contributed by atoms with Gasteiger partial charge in [0.1, 0.15) is 6.61 Å². The Balaban J connectivity index is 1.43. The number of carbonyl (C=O) groups excluding carboxylic acids is 1. The molecule has 2 atom stereocenters. The minimum absolute atomic E-state index is 0.120. The molecule has 0 radical (unpaired) electrons. The Morgan fingerprint density at radius 1 is 0.683 bits per heavy atom. The summed E-state index contributed by atoms with van der Waals surface area (Å²) in [5.74, 6) is -0.391. The Morgan fingerprint density at radius 3 is 1.71 bits per heavy atom. The van der Waals surface area contributed by atoms with E-state index in [-0.39, 0.29) is 6.10 Å². The Labute approximate surface area is 253 Å². The number of unbranched alkanes of at least 4 members (excludes halogenated alkanes) is 18. The van der Waals surface area contributed by atoms with E-state index in [0.29, 0.717) is 13.2 Å². The third-order valence-electron chi connectivity index (χ3n) is 8.27. The number of rotatable bonds is 25. The van der Waals surface area contributed by atoms with Crippen LogP contribution in [0, 0.1) is 0 Å². The van der Waals surface area contributed by atoms with Gasteiger partial charge < -0.3 is 14.2 Å². The minimum Gasteiger partial charge on any atom is -0.430 e. The molecule has 1 heterocycles. The van der Waals surface area contributed by atoms with Crippen LogP contribution in [0.4, 0.5) is 0 Å². The van der Waals surface area contributed by atoms with Crippen molar-refractivity contribution in [1.29, 1.82) is 0 Å². The van der Waals surface area contributed by atoms with Gasteiger partial charge in [0.15, 0.2) is 0 Å². The van der Waals surface area contributed by atoms with E-state index in [1.807, 2.05) is 0 Å². The second-order valence-corrected chi connectivity index (χ2v) is 12.1. The summed E-state index contributed by atoms with van der Waals surface area (Å²) in [6.45, 7) is 5.31. The quantitative estimate of drug-likeness (QED) is 0.0666. The van der Waals surface area contributed by atoms with E-state index < -0.39 is 12.3 Å². The molecule has 41 heavy (non-hydrogen) atoms. The van der Waals surface area contributed by atoms with Crippen LogP contribution in [-0.2, 0) is 25.4 Å². The molecule has 4 nitrogen and oxygen atoms in total. The van der Waals surface area contributed by atoms with Gasteiger partial charge in [0.2, 0.25) is 6.29 Å². The van der Waals surface area contributed by atoms with E-state index in [9.17, 15) is 4.79 Å². The van der Waals surface area contributed by atoms with Crippen molar-refractivity contribution in [2.24, 2.45) is 0 Å². The Hall–Kier alpha value is -1.65. The topological polar surface area (TPSA) is 44.8 Å². The second kappa shape index (κ2) is 24.9. The highest BCUT2D eigenvalue weighted by molar-refractivity contribution is 5.87. The lowest BCUT2D eigenvalue weighted by atomic mass is 10.0. The van der Waals surface area contributed by atoms with Crippen molar-refractivity contribution < 1.29 is 19.0 Å². The first kappa shape index (κ1) is 35.5. The number of hydrogen-bond donors (Lipinski definition) is 0. The fourth-order valence-electron chi connectivity index (χ4n) is 5.56. The highest BCUT2D eigenvalue weighted by atomic mass is 16.7. The Kier molecular flexibility index (Phi) is 21.6. The van der Waals surface area contributed by atoms with E-state index in [4.69, 9.17) is 14.2 Å². The van der Waals surface area contributed by atoms with Crippen LogP contribution in [0.3, 0.4) is 0 Å². The van der Waals surface area contributed by atoms with Gasteiger partial charge in [-0.05, 0) is 36.5 Å². The molecule has 4 heteroatoms. The number of benzene rings is 1. The number of ether oxygens (including phenoxy) is 3. The molecule has 1 aromatic rings. The minimum atomic E-state index is -0.610. The largest absolute Gasteiger partial charge is 0.430 e. The van der Waals surface area contributed by atoms with Crippen molar-refractivity contribution in [2.45, 2.75) is 167 Å². The fraction of sp³-hybridized carbons (Fsp3) is 0.757. The summed E-state index contributed by atoms with van der Waals surface area (Å²) in [4.78, 5) is 12.2. The molecule has 0 unspecified atom stereocenters. The lowest BCUT2D eigenvalue weighted by Gasteiger charge is -2.28. The first-order chi connectivity index (χ1) is 20.2. The van der Waals surface area contributed by atoms with E-state index in [0.717, 1.165) is 24.8 Å². The predicted molar refractivity (Wildman–Crippen MR) is 173 cm³/mol. The van der Waals surface area contributed by atoms with Crippen LogP contribution < -0.4 is 0 Å². The Morgan fingerprint density at radius 2 is 1.20 bits per heavy atom. The summed E-state index contributed by atoms with van der Waals surface area (Å²) >= 11 is 0. The molecule has 1 aromatic carbocycles. The summed E-state index contributed by atoms with van der Waals surface area (Å²) in [7, 11) is 0. The zero-order chi connectivity index (χ0) is 29.2. The molecule has 0 aromatic heterocycles. The smallest absolute Gasteiger partial charge is 0.333 e. The second-order valence-electron chi connectivity index (χ2n) is 12.1. The van der Waals surface area contributed by atoms with Gasteiger partial charge in [0, 0.05) is 6.08 Å². The molecule has 0 N–H and O–H groups in total. The molecule has 0 bridgehead atoms. The molecule has 0 amide bonds. The van der Waals surface area contributed by atoms with E-state index >= 15 is 0 Å².